The van der Waals surface area contributed by atoms with Crippen LogP contribution in [-0.4, -0.2) is 26.5 Å². The number of aromatic amines is 2. The van der Waals surface area contributed by atoms with Crippen molar-refractivity contribution >= 4 is 33.4 Å². The lowest BCUT2D eigenvalue weighted by molar-refractivity contribution is 0.689. The van der Waals surface area contributed by atoms with E-state index in [1.54, 1.807) is 12.7 Å². The van der Waals surface area contributed by atoms with E-state index in [2.05, 4.69) is 93.7 Å². The average molecular weight is 475 g/mol. The largest absolute Gasteiger partial charge is 0.397 e. The maximum Gasteiger partial charge on any atom is 0.111 e. The van der Waals surface area contributed by atoms with Crippen molar-refractivity contribution < 1.29 is 0 Å². The predicted molar refractivity (Wildman–Crippen MR) is 151 cm³/mol. The standard InChI is InChI=1S/C17H19N3.C13H11N3/c1-12(2)10-18-15-8-14(13-6-4-3-5-7-13)9-16-17(15)20-11-19-16;14-11-6-10(9-4-2-1-3-5-9)7-12-13(11)16-8-15-12/h3-9,11-12,18H,10H2,1-2H3,(H,19,20);1-8H,14H2,(H,15,16). The molecule has 5 N–H and O–H groups in total. The van der Waals surface area contributed by atoms with Gasteiger partial charge in [-0.2, -0.15) is 0 Å². The fraction of sp³-hybridized carbons (Fsp3) is 0.133. The van der Waals surface area contributed by atoms with Crippen LogP contribution in [0.3, 0.4) is 0 Å². The van der Waals surface area contributed by atoms with Gasteiger partial charge in [0.15, 0.2) is 0 Å². The van der Waals surface area contributed by atoms with Gasteiger partial charge in [-0.15, -0.1) is 0 Å². The molecule has 0 amide bonds. The zero-order valence-electron chi connectivity index (χ0n) is 20.5. The number of hydrogen-bond donors (Lipinski definition) is 4. The van der Waals surface area contributed by atoms with Gasteiger partial charge in [-0.3, -0.25) is 0 Å². The van der Waals surface area contributed by atoms with Crippen LogP contribution in [0.2, 0.25) is 0 Å². The number of rotatable bonds is 5. The first-order valence-electron chi connectivity index (χ1n) is 12.1. The third kappa shape index (κ3) is 5.08. The first-order valence-corrected chi connectivity index (χ1v) is 12.1. The monoisotopic (exact) mass is 474 g/mol. The number of imidazole rings is 2. The summed E-state index contributed by atoms with van der Waals surface area (Å²) in [4.78, 5) is 14.9. The molecule has 0 unspecified atom stereocenters. The maximum absolute atomic E-state index is 5.96. The van der Waals surface area contributed by atoms with Gasteiger partial charge in [0, 0.05) is 6.54 Å². The second kappa shape index (κ2) is 10.4. The van der Waals surface area contributed by atoms with Crippen molar-refractivity contribution in [3.63, 3.8) is 0 Å². The third-order valence-electron chi connectivity index (χ3n) is 5.99. The van der Waals surface area contributed by atoms with Gasteiger partial charge < -0.3 is 21.0 Å². The fourth-order valence-electron chi connectivity index (χ4n) is 4.17. The number of nitrogens with one attached hydrogen (secondary N) is 3. The Morgan fingerprint density at radius 1 is 0.694 bits per heavy atom. The van der Waals surface area contributed by atoms with E-state index in [4.69, 9.17) is 5.73 Å². The smallest absolute Gasteiger partial charge is 0.111 e. The summed E-state index contributed by atoms with van der Waals surface area (Å²) in [7, 11) is 0. The van der Waals surface area contributed by atoms with Crippen LogP contribution in [0.4, 0.5) is 11.4 Å². The maximum atomic E-state index is 5.96. The highest BCUT2D eigenvalue weighted by Crippen LogP contribution is 2.29. The van der Waals surface area contributed by atoms with Crippen molar-refractivity contribution in [1.82, 2.24) is 19.9 Å². The van der Waals surface area contributed by atoms with Crippen molar-refractivity contribution in [2.75, 3.05) is 17.6 Å². The Balaban J connectivity index is 0.000000152. The third-order valence-corrected chi connectivity index (χ3v) is 5.99. The Labute approximate surface area is 210 Å². The number of H-pyrrole nitrogens is 2. The lowest BCUT2D eigenvalue weighted by Gasteiger charge is -2.11. The first-order chi connectivity index (χ1) is 17.6. The molecular formula is C30H30N6. The molecule has 4 aromatic carbocycles. The molecule has 0 saturated carbocycles. The van der Waals surface area contributed by atoms with E-state index in [1.807, 2.05) is 30.3 Å². The Hall–Kier alpha value is -4.58. The van der Waals surface area contributed by atoms with E-state index in [-0.39, 0.29) is 0 Å². The minimum atomic E-state index is 0.601. The molecule has 2 heterocycles. The lowest BCUT2D eigenvalue weighted by atomic mass is 10.0. The van der Waals surface area contributed by atoms with Gasteiger partial charge in [0.05, 0.1) is 35.1 Å². The van der Waals surface area contributed by atoms with Crippen LogP contribution in [0, 0.1) is 5.92 Å². The quantitative estimate of drug-likeness (QED) is 0.200. The molecule has 0 aliphatic heterocycles. The molecule has 0 aliphatic carbocycles. The fourth-order valence-corrected chi connectivity index (χ4v) is 4.17. The molecule has 180 valence electrons. The van der Waals surface area contributed by atoms with E-state index in [9.17, 15) is 0 Å². The van der Waals surface area contributed by atoms with Crippen LogP contribution in [-0.2, 0) is 0 Å². The van der Waals surface area contributed by atoms with E-state index in [1.165, 1.54) is 11.1 Å². The van der Waals surface area contributed by atoms with Crippen LogP contribution < -0.4 is 11.1 Å². The molecule has 6 nitrogen and oxygen atoms in total. The van der Waals surface area contributed by atoms with E-state index in [0.717, 1.165) is 45.4 Å². The molecule has 0 aliphatic rings. The summed E-state index contributed by atoms with van der Waals surface area (Å²) in [5, 5.41) is 3.50. The molecule has 0 radical (unpaired) electrons. The zero-order valence-corrected chi connectivity index (χ0v) is 20.5. The normalized spacial score (nSPS) is 11.0. The number of nitrogens with zero attached hydrogens (tertiary/aromatic N) is 2. The van der Waals surface area contributed by atoms with Gasteiger partial charge in [-0.1, -0.05) is 74.5 Å². The molecule has 0 spiro atoms. The van der Waals surface area contributed by atoms with Gasteiger partial charge in [-0.05, 0) is 52.4 Å². The minimum Gasteiger partial charge on any atom is -0.397 e. The van der Waals surface area contributed by atoms with Gasteiger partial charge in [0.2, 0.25) is 0 Å². The van der Waals surface area contributed by atoms with Gasteiger partial charge >= 0.3 is 0 Å². The number of anilines is 2. The minimum absolute atomic E-state index is 0.601. The highest BCUT2D eigenvalue weighted by molar-refractivity contribution is 5.93. The number of hydrogen-bond acceptors (Lipinski definition) is 4. The average Bonchev–Trinajstić information content (AvgIpc) is 3.58. The van der Waals surface area contributed by atoms with Crippen LogP contribution in [0.5, 0.6) is 0 Å². The zero-order chi connectivity index (χ0) is 24.9. The van der Waals surface area contributed by atoms with Crippen LogP contribution in [0.15, 0.2) is 97.6 Å². The van der Waals surface area contributed by atoms with Crippen LogP contribution >= 0.6 is 0 Å². The van der Waals surface area contributed by atoms with Crippen molar-refractivity contribution in [3.05, 3.63) is 97.6 Å². The highest BCUT2D eigenvalue weighted by Gasteiger charge is 2.08. The van der Waals surface area contributed by atoms with Gasteiger partial charge in [-0.25, -0.2) is 9.97 Å². The van der Waals surface area contributed by atoms with Crippen molar-refractivity contribution in [2.24, 2.45) is 5.92 Å². The Morgan fingerprint density at radius 2 is 1.22 bits per heavy atom. The Kier molecular flexibility index (Phi) is 6.67. The van der Waals surface area contributed by atoms with E-state index < -0.39 is 0 Å². The summed E-state index contributed by atoms with van der Waals surface area (Å²) in [6.07, 6.45) is 3.41. The molecule has 6 rings (SSSR count). The van der Waals surface area contributed by atoms with Crippen molar-refractivity contribution in [3.8, 4) is 22.3 Å². The number of aromatic nitrogens is 4. The molecule has 0 bridgehead atoms. The molecule has 0 fully saturated rings. The van der Waals surface area contributed by atoms with E-state index in [0.29, 0.717) is 11.6 Å². The second-order valence-corrected chi connectivity index (χ2v) is 9.19. The predicted octanol–water partition coefficient (Wildman–Crippen LogP) is 7.11. The molecule has 6 aromatic rings. The van der Waals surface area contributed by atoms with Gasteiger partial charge in [0.25, 0.3) is 0 Å². The molecule has 2 aromatic heterocycles. The number of nitrogens with two attached hydrogens (primary N) is 1. The lowest BCUT2D eigenvalue weighted by Crippen LogP contribution is -2.08. The molecule has 36 heavy (non-hydrogen) atoms. The van der Waals surface area contributed by atoms with Gasteiger partial charge in [0.1, 0.15) is 11.0 Å². The number of nitrogen functional groups attached to an aromatic ring is 1. The Morgan fingerprint density at radius 3 is 1.81 bits per heavy atom. The van der Waals surface area contributed by atoms with Crippen molar-refractivity contribution in [2.45, 2.75) is 13.8 Å². The molecular weight excluding hydrogens is 444 g/mol. The van der Waals surface area contributed by atoms with Crippen LogP contribution in [0.1, 0.15) is 13.8 Å². The SMILES string of the molecule is CC(C)CNc1cc(-c2ccccc2)cc2[nH]cnc12.Nc1cc(-c2ccccc2)cc2[nH]cnc12. The number of benzene rings is 4. The molecule has 0 saturated heterocycles. The highest BCUT2D eigenvalue weighted by atomic mass is 14.9. The van der Waals surface area contributed by atoms with Crippen molar-refractivity contribution in [1.29, 1.82) is 0 Å². The first kappa shape index (κ1) is 23.2. The number of fused-ring (bicyclic) bond motifs is 2. The molecule has 0 atom stereocenters. The summed E-state index contributed by atoms with van der Waals surface area (Å²) in [6, 6.07) is 28.9. The Bertz CT molecular complexity index is 1570. The molecule has 6 heteroatoms. The summed E-state index contributed by atoms with van der Waals surface area (Å²) < 4.78 is 0. The summed E-state index contributed by atoms with van der Waals surface area (Å²) in [5.74, 6) is 0.601. The summed E-state index contributed by atoms with van der Waals surface area (Å²) in [6.45, 7) is 5.35. The van der Waals surface area contributed by atoms with Crippen LogP contribution in [0.25, 0.3) is 44.3 Å². The summed E-state index contributed by atoms with van der Waals surface area (Å²) in [5.41, 5.74) is 16.3. The second-order valence-electron chi connectivity index (χ2n) is 9.19. The van der Waals surface area contributed by atoms with E-state index >= 15 is 0 Å². The topological polar surface area (TPSA) is 95.4 Å². The summed E-state index contributed by atoms with van der Waals surface area (Å²) >= 11 is 0.